The maximum Gasteiger partial charge on any atom is 0.177 e. The summed E-state index contributed by atoms with van der Waals surface area (Å²) >= 11 is 1.32. The second-order valence-electron chi connectivity index (χ2n) is 5.89. The van der Waals surface area contributed by atoms with Gasteiger partial charge in [0.15, 0.2) is 5.13 Å². The summed E-state index contributed by atoms with van der Waals surface area (Å²) in [6.07, 6.45) is 8.15. The first-order valence-electron chi connectivity index (χ1n) is 7.12. The topological polar surface area (TPSA) is 9.23 Å². The van der Waals surface area contributed by atoms with Crippen LogP contribution in [0.25, 0.3) is 0 Å². The standard InChI is InChI=1S/C15H21FOS/c1-11-5-3-2-4-7-15(10-11)12-9-14(16)18-13(12)6-8-17-15/h9,11H,2-8,10H2,1H3. The summed E-state index contributed by atoms with van der Waals surface area (Å²) in [4.78, 5) is 1.23. The molecule has 100 valence electrons. The maximum absolute atomic E-state index is 13.6. The van der Waals surface area contributed by atoms with E-state index in [9.17, 15) is 4.39 Å². The quantitative estimate of drug-likeness (QED) is 0.665. The highest BCUT2D eigenvalue weighted by atomic mass is 32.1. The zero-order valence-electron chi connectivity index (χ0n) is 11.0. The molecule has 1 spiro atoms. The molecule has 1 nitrogen and oxygen atoms in total. The van der Waals surface area contributed by atoms with Crippen molar-refractivity contribution in [1.29, 1.82) is 0 Å². The molecule has 0 aromatic carbocycles. The van der Waals surface area contributed by atoms with Crippen LogP contribution in [-0.4, -0.2) is 6.61 Å². The van der Waals surface area contributed by atoms with Crippen molar-refractivity contribution in [3.05, 3.63) is 21.6 Å². The molecule has 2 aliphatic rings. The van der Waals surface area contributed by atoms with Crippen LogP contribution in [0.1, 0.15) is 55.9 Å². The van der Waals surface area contributed by atoms with Gasteiger partial charge in [0.1, 0.15) is 0 Å². The third-order valence-corrected chi connectivity index (χ3v) is 5.42. The van der Waals surface area contributed by atoms with Crippen LogP contribution in [0.4, 0.5) is 4.39 Å². The number of rotatable bonds is 0. The Kier molecular flexibility index (Phi) is 3.46. The summed E-state index contributed by atoms with van der Waals surface area (Å²) in [6.45, 7) is 3.08. The van der Waals surface area contributed by atoms with Crippen LogP contribution in [0, 0.1) is 11.0 Å². The summed E-state index contributed by atoms with van der Waals surface area (Å²) in [6, 6.07) is 1.74. The predicted molar refractivity (Wildman–Crippen MR) is 72.5 cm³/mol. The minimum Gasteiger partial charge on any atom is -0.370 e. The molecule has 0 amide bonds. The number of halogens is 1. The Balaban J connectivity index is 1.96. The fourth-order valence-electron chi connectivity index (χ4n) is 3.61. The molecule has 18 heavy (non-hydrogen) atoms. The number of ether oxygens (including phenoxy) is 1. The Hall–Kier alpha value is -0.410. The second-order valence-corrected chi connectivity index (χ2v) is 6.98. The third kappa shape index (κ3) is 2.23. The highest BCUT2D eigenvalue weighted by Crippen LogP contribution is 2.46. The predicted octanol–water partition coefficient (Wildman–Crippen LogP) is 4.65. The van der Waals surface area contributed by atoms with Gasteiger partial charge in [-0.1, -0.05) is 32.6 Å². The van der Waals surface area contributed by atoms with E-state index >= 15 is 0 Å². The molecule has 0 bridgehead atoms. The van der Waals surface area contributed by atoms with Gasteiger partial charge < -0.3 is 4.74 Å². The van der Waals surface area contributed by atoms with Crippen LogP contribution in [0.2, 0.25) is 0 Å². The van der Waals surface area contributed by atoms with Crippen molar-refractivity contribution >= 4 is 11.3 Å². The maximum atomic E-state index is 13.6. The van der Waals surface area contributed by atoms with Crippen molar-refractivity contribution in [2.24, 2.45) is 5.92 Å². The fraction of sp³-hybridized carbons (Fsp3) is 0.733. The van der Waals surface area contributed by atoms with Gasteiger partial charge in [-0.05, 0) is 24.8 Å². The minimum absolute atomic E-state index is 0.0420. The van der Waals surface area contributed by atoms with Gasteiger partial charge in [-0.3, -0.25) is 0 Å². The lowest BCUT2D eigenvalue weighted by Crippen LogP contribution is -2.37. The minimum atomic E-state index is -0.172. The third-order valence-electron chi connectivity index (χ3n) is 4.43. The van der Waals surface area contributed by atoms with Crippen LogP contribution in [-0.2, 0) is 16.8 Å². The van der Waals surface area contributed by atoms with Gasteiger partial charge >= 0.3 is 0 Å². The first-order chi connectivity index (χ1) is 8.70. The van der Waals surface area contributed by atoms with E-state index in [0.717, 1.165) is 25.9 Å². The molecule has 1 fully saturated rings. The molecule has 3 rings (SSSR count). The summed E-state index contributed by atoms with van der Waals surface area (Å²) in [5.74, 6) is 0.680. The summed E-state index contributed by atoms with van der Waals surface area (Å²) < 4.78 is 19.8. The van der Waals surface area contributed by atoms with Crippen molar-refractivity contribution in [3.63, 3.8) is 0 Å². The lowest BCUT2D eigenvalue weighted by Gasteiger charge is -2.40. The summed E-state index contributed by atoms with van der Waals surface area (Å²) in [5.41, 5.74) is 0.999. The molecular formula is C15H21FOS. The average Bonchev–Trinajstić information content (AvgIpc) is 2.68. The van der Waals surface area contributed by atoms with E-state index in [4.69, 9.17) is 4.74 Å². The van der Waals surface area contributed by atoms with E-state index in [0.29, 0.717) is 5.92 Å². The van der Waals surface area contributed by atoms with Crippen LogP contribution in [0.15, 0.2) is 6.07 Å². The molecule has 2 unspecified atom stereocenters. The van der Waals surface area contributed by atoms with Crippen LogP contribution < -0.4 is 0 Å². The van der Waals surface area contributed by atoms with Crippen LogP contribution >= 0.6 is 11.3 Å². The SMILES string of the molecule is CC1CCCCCC2(C1)OCCc1sc(F)cc12. The van der Waals surface area contributed by atoms with Gasteiger partial charge in [-0.2, -0.15) is 4.39 Å². The zero-order chi connectivity index (χ0) is 12.6. The lowest BCUT2D eigenvalue weighted by molar-refractivity contribution is -0.0853. The molecule has 1 aromatic rings. The smallest absolute Gasteiger partial charge is 0.177 e. The van der Waals surface area contributed by atoms with Crippen LogP contribution in [0.3, 0.4) is 0 Å². The molecule has 3 heteroatoms. The molecular weight excluding hydrogens is 247 g/mol. The van der Waals surface area contributed by atoms with Gasteiger partial charge in [0, 0.05) is 16.9 Å². The van der Waals surface area contributed by atoms with Crippen molar-refractivity contribution < 1.29 is 9.13 Å². The van der Waals surface area contributed by atoms with E-state index in [1.54, 1.807) is 6.07 Å². The molecule has 0 radical (unpaired) electrons. The highest BCUT2D eigenvalue weighted by molar-refractivity contribution is 7.10. The largest absolute Gasteiger partial charge is 0.370 e. The number of hydrogen-bond acceptors (Lipinski definition) is 2. The number of hydrogen-bond donors (Lipinski definition) is 0. The fourth-order valence-corrected chi connectivity index (χ4v) is 4.56. The normalized spacial score (nSPS) is 32.9. The molecule has 0 saturated heterocycles. The Morgan fingerprint density at radius 3 is 3.17 bits per heavy atom. The van der Waals surface area contributed by atoms with E-state index in [1.165, 1.54) is 47.5 Å². The zero-order valence-corrected chi connectivity index (χ0v) is 11.8. The van der Waals surface area contributed by atoms with Crippen molar-refractivity contribution in [1.82, 2.24) is 0 Å². The molecule has 2 atom stereocenters. The lowest BCUT2D eigenvalue weighted by atomic mass is 9.76. The van der Waals surface area contributed by atoms with E-state index in [-0.39, 0.29) is 10.7 Å². The van der Waals surface area contributed by atoms with Crippen molar-refractivity contribution in [3.8, 4) is 0 Å². The highest BCUT2D eigenvalue weighted by Gasteiger charge is 2.40. The average molecular weight is 268 g/mol. The van der Waals surface area contributed by atoms with Gasteiger partial charge in [-0.15, -0.1) is 11.3 Å². The van der Waals surface area contributed by atoms with E-state index < -0.39 is 0 Å². The Labute approximate surface area is 112 Å². The molecule has 0 N–H and O–H groups in total. The first-order valence-corrected chi connectivity index (χ1v) is 7.94. The number of fused-ring (bicyclic) bond motifs is 2. The summed E-state index contributed by atoms with van der Waals surface area (Å²) in [7, 11) is 0. The molecule has 1 aromatic heterocycles. The Morgan fingerprint density at radius 1 is 1.39 bits per heavy atom. The monoisotopic (exact) mass is 268 g/mol. The van der Waals surface area contributed by atoms with Gasteiger partial charge in [0.05, 0.1) is 12.2 Å². The van der Waals surface area contributed by atoms with Crippen molar-refractivity contribution in [2.75, 3.05) is 6.61 Å². The first kappa shape index (κ1) is 12.6. The Bertz CT molecular complexity index is 428. The molecule has 2 heterocycles. The molecule has 1 saturated carbocycles. The van der Waals surface area contributed by atoms with Gasteiger partial charge in [0.2, 0.25) is 0 Å². The van der Waals surface area contributed by atoms with Crippen molar-refractivity contribution in [2.45, 2.75) is 57.5 Å². The van der Waals surface area contributed by atoms with Gasteiger partial charge in [-0.25, -0.2) is 0 Å². The van der Waals surface area contributed by atoms with E-state index in [2.05, 4.69) is 6.92 Å². The van der Waals surface area contributed by atoms with Gasteiger partial charge in [0.25, 0.3) is 0 Å². The molecule has 1 aliphatic heterocycles. The molecule has 1 aliphatic carbocycles. The van der Waals surface area contributed by atoms with E-state index in [1.807, 2.05) is 0 Å². The second kappa shape index (κ2) is 4.93. The number of thiophene rings is 1. The Morgan fingerprint density at radius 2 is 2.28 bits per heavy atom. The van der Waals surface area contributed by atoms with Crippen LogP contribution in [0.5, 0.6) is 0 Å². The summed E-state index contributed by atoms with van der Waals surface area (Å²) in [5, 5.41) is -0.0420.